The lowest BCUT2D eigenvalue weighted by atomic mass is 10.1. The quantitative estimate of drug-likeness (QED) is 0.828. The van der Waals surface area contributed by atoms with Crippen LogP contribution in [0.25, 0.3) is 0 Å². The molecule has 2 N–H and O–H groups in total. The zero-order valence-electron chi connectivity index (χ0n) is 9.88. The molecular formula is C11H12IN3O2S. The summed E-state index contributed by atoms with van der Waals surface area (Å²) >= 11 is 3.90. The van der Waals surface area contributed by atoms with Crippen molar-refractivity contribution in [2.75, 3.05) is 14.2 Å². The van der Waals surface area contributed by atoms with E-state index >= 15 is 0 Å². The number of aromatic nitrogens is 2. The van der Waals surface area contributed by atoms with E-state index in [0.717, 1.165) is 5.56 Å². The molecule has 0 bridgehead atoms. The highest BCUT2D eigenvalue weighted by Crippen LogP contribution is 2.29. The van der Waals surface area contributed by atoms with E-state index in [0.29, 0.717) is 17.5 Å². The van der Waals surface area contributed by atoms with Crippen molar-refractivity contribution in [1.82, 2.24) is 9.97 Å². The van der Waals surface area contributed by atoms with Crippen LogP contribution in [0.3, 0.4) is 0 Å². The maximum Gasteiger partial charge on any atom is 0.240 e. The number of methoxy groups -OCH3 is 2. The number of ether oxygens (including phenoxy) is 2. The van der Waals surface area contributed by atoms with Crippen molar-refractivity contribution in [2.24, 2.45) is 5.73 Å². The Bertz CT molecular complexity index is 547. The summed E-state index contributed by atoms with van der Waals surface area (Å²) in [4.78, 5) is 8.45. The van der Waals surface area contributed by atoms with E-state index < -0.39 is 0 Å². The van der Waals surface area contributed by atoms with Crippen LogP contribution in [-0.2, 0) is 0 Å². The van der Waals surface area contributed by atoms with Crippen LogP contribution >= 0.6 is 33.9 Å². The predicted molar refractivity (Wildman–Crippen MR) is 78.2 cm³/mol. The van der Waals surface area contributed by atoms with Crippen molar-refractivity contribution in [3.05, 3.63) is 31.8 Å². The minimum Gasteiger partial charge on any atom is -0.480 e. The van der Waals surface area contributed by atoms with Gasteiger partial charge in [-0.2, -0.15) is 4.98 Å². The lowest BCUT2D eigenvalue weighted by Gasteiger charge is -2.13. The Kier molecular flexibility index (Phi) is 4.36. The van der Waals surface area contributed by atoms with Gasteiger partial charge < -0.3 is 15.2 Å². The summed E-state index contributed by atoms with van der Waals surface area (Å²) in [6.45, 7) is 0. The fraction of sp³-hybridized carbons (Fsp3) is 0.273. The SMILES string of the molecule is COc1cnc(C(N)c2csc(I)c2)c(OC)n1. The Morgan fingerprint density at radius 2 is 2.17 bits per heavy atom. The first-order valence-corrected chi connectivity index (χ1v) is 7.06. The van der Waals surface area contributed by atoms with Gasteiger partial charge in [-0.05, 0) is 39.6 Å². The number of halogens is 1. The van der Waals surface area contributed by atoms with E-state index in [1.54, 1.807) is 11.3 Å². The van der Waals surface area contributed by atoms with Crippen LogP contribution in [0.4, 0.5) is 0 Å². The Balaban J connectivity index is 2.38. The maximum atomic E-state index is 6.18. The molecule has 18 heavy (non-hydrogen) atoms. The highest BCUT2D eigenvalue weighted by atomic mass is 127. The number of rotatable bonds is 4. The third-order valence-corrected chi connectivity index (χ3v) is 4.20. The molecule has 96 valence electrons. The molecular weight excluding hydrogens is 365 g/mol. The highest BCUT2D eigenvalue weighted by Gasteiger charge is 2.19. The third kappa shape index (κ3) is 2.73. The number of nitrogens with zero attached hydrogens (tertiary/aromatic N) is 2. The topological polar surface area (TPSA) is 70.3 Å². The first-order valence-electron chi connectivity index (χ1n) is 5.10. The van der Waals surface area contributed by atoms with Gasteiger partial charge in [-0.3, -0.25) is 0 Å². The minimum atomic E-state index is -0.349. The maximum absolute atomic E-state index is 6.18. The standard InChI is InChI=1S/C11H12IN3O2S/c1-16-8-4-14-10(11(15-8)17-2)9(13)6-3-7(12)18-5-6/h3-5,9H,13H2,1-2H3. The monoisotopic (exact) mass is 377 g/mol. The van der Waals surface area contributed by atoms with Crippen molar-refractivity contribution in [1.29, 1.82) is 0 Å². The van der Waals surface area contributed by atoms with Crippen LogP contribution in [0.1, 0.15) is 17.3 Å². The van der Waals surface area contributed by atoms with E-state index in [4.69, 9.17) is 15.2 Å². The van der Waals surface area contributed by atoms with Gasteiger partial charge in [0.2, 0.25) is 11.8 Å². The first kappa shape index (κ1) is 13.5. The van der Waals surface area contributed by atoms with Gasteiger partial charge in [0.25, 0.3) is 0 Å². The molecule has 0 aliphatic carbocycles. The average molecular weight is 377 g/mol. The fourth-order valence-electron chi connectivity index (χ4n) is 1.47. The van der Waals surface area contributed by atoms with E-state index in [9.17, 15) is 0 Å². The van der Waals surface area contributed by atoms with Gasteiger partial charge in [0.05, 0.1) is 29.3 Å². The molecule has 1 unspecified atom stereocenters. The van der Waals surface area contributed by atoms with Crippen LogP contribution in [0.5, 0.6) is 11.8 Å². The zero-order valence-corrected chi connectivity index (χ0v) is 12.9. The molecule has 0 fully saturated rings. The number of hydrogen-bond acceptors (Lipinski definition) is 6. The van der Waals surface area contributed by atoms with Crippen LogP contribution in [0.2, 0.25) is 0 Å². The number of hydrogen-bond donors (Lipinski definition) is 1. The number of thiophene rings is 1. The molecule has 1 atom stereocenters. The summed E-state index contributed by atoms with van der Waals surface area (Å²) in [5, 5.41) is 2.01. The van der Waals surface area contributed by atoms with Crippen LogP contribution in [-0.4, -0.2) is 24.2 Å². The summed E-state index contributed by atoms with van der Waals surface area (Å²) in [6.07, 6.45) is 1.54. The Morgan fingerprint density at radius 1 is 1.39 bits per heavy atom. The van der Waals surface area contributed by atoms with Gasteiger partial charge in [0, 0.05) is 0 Å². The molecule has 0 aliphatic heterocycles. The summed E-state index contributed by atoms with van der Waals surface area (Å²) in [5.41, 5.74) is 7.78. The Hall–Kier alpha value is -0.930. The van der Waals surface area contributed by atoms with Crippen molar-refractivity contribution in [3.63, 3.8) is 0 Å². The van der Waals surface area contributed by atoms with Gasteiger partial charge in [-0.25, -0.2) is 4.98 Å². The van der Waals surface area contributed by atoms with Gasteiger partial charge >= 0.3 is 0 Å². The van der Waals surface area contributed by atoms with E-state index in [2.05, 4.69) is 32.6 Å². The van der Waals surface area contributed by atoms with Crippen LogP contribution in [0, 0.1) is 2.88 Å². The zero-order chi connectivity index (χ0) is 13.1. The Morgan fingerprint density at radius 3 is 2.72 bits per heavy atom. The van der Waals surface area contributed by atoms with Crippen molar-refractivity contribution >= 4 is 33.9 Å². The van der Waals surface area contributed by atoms with E-state index in [-0.39, 0.29) is 6.04 Å². The van der Waals surface area contributed by atoms with Crippen LogP contribution in [0.15, 0.2) is 17.6 Å². The molecule has 2 rings (SSSR count). The summed E-state index contributed by atoms with van der Waals surface area (Å²) < 4.78 is 11.4. The molecule has 0 spiro atoms. The second-order valence-corrected chi connectivity index (χ2v) is 6.27. The van der Waals surface area contributed by atoms with Gasteiger partial charge in [0.1, 0.15) is 5.69 Å². The molecule has 5 nitrogen and oxygen atoms in total. The van der Waals surface area contributed by atoms with Gasteiger partial charge in [-0.15, -0.1) is 11.3 Å². The minimum absolute atomic E-state index is 0.349. The predicted octanol–water partition coefficient (Wildman–Crippen LogP) is 2.21. The lowest BCUT2D eigenvalue weighted by Crippen LogP contribution is -2.15. The summed E-state index contributed by atoms with van der Waals surface area (Å²) in [5.74, 6) is 0.797. The smallest absolute Gasteiger partial charge is 0.240 e. The molecule has 0 saturated heterocycles. The molecule has 2 aromatic rings. The fourth-order valence-corrected chi connectivity index (χ4v) is 2.88. The molecule has 0 radical (unpaired) electrons. The highest BCUT2D eigenvalue weighted by molar-refractivity contribution is 14.1. The van der Waals surface area contributed by atoms with Crippen molar-refractivity contribution in [2.45, 2.75) is 6.04 Å². The normalized spacial score (nSPS) is 12.2. The molecule has 0 aromatic carbocycles. The van der Waals surface area contributed by atoms with Crippen molar-refractivity contribution < 1.29 is 9.47 Å². The third-order valence-electron chi connectivity index (χ3n) is 2.39. The van der Waals surface area contributed by atoms with Crippen molar-refractivity contribution in [3.8, 4) is 11.8 Å². The summed E-state index contributed by atoms with van der Waals surface area (Å²) in [7, 11) is 3.07. The average Bonchev–Trinajstić information content (AvgIpc) is 2.83. The number of nitrogens with two attached hydrogens (primary N) is 1. The molecule has 2 aromatic heterocycles. The van der Waals surface area contributed by atoms with Gasteiger partial charge in [0.15, 0.2) is 0 Å². The molecule has 7 heteroatoms. The molecule has 0 amide bonds. The summed E-state index contributed by atoms with van der Waals surface area (Å²) in [6, 6.07) is 1.68. The Labute approximate surface area is 122 Å². The molecule has 2 heterocycles. The second-order valence-electron chi connectivity index (χ2n) is 3.47. The first-order chi connectivity index (χ1) is 8.65. The van der Waals surface area contributed by atoms with E-state index in [1.165, 1.54) is 23.3 Å². The van der Waals surface area contributed by atoms with Gasteiger partial charge in [-0.1, -0.05) is 0 Å². The molecule has 0 saturated carbocycles. The van der Waals surface area contributed by atoms with E-state index in [1.807, 2.05) is 11.4 Å². The largest absolute Gasteiger partial charge is 0.480 e. The lowest BCUT2D eigenvalue weighted by molar-refractivity contribution is 0.355. The molecule has 0 aliphatic rings. The second kappa shape index (κ2) is 5.81. The van der Waals surface area contributed by atoms with Crippen LogP contribution < -0.4 is 15.2 Å².